The van der Waals surface area contributed by atoms with Crippen molar-refractivity contribution in [2.75, 3.05) is 39.1 Å². The molecule has 3 heterocycles. The molecule has 2 amide bonds. The average Bonchev–Trinajstić information content (AvgIpc) is 3.97. The van der Waals surface area contributed by atoms with Gasteiger partial charge in [0.25, 0.3) is 0 Å². The zero-order chi connectivity index (χ0) is 38.1. The first-order chi connectivity index (χ1) is 25.1. The molecule has 2 unspecified atom stereocenters. The number of alkyl halides is 1. The van der Waals surface area contributed by atoms with Gasteiger partial charge in [0.05, 0.1) is 20.0 Å². The maximum atomic E-state index is 11.9. The molecule has 286 valence electrons. The van der Waals surface area contributed by atoms with Crippen LogP contribution in [0, 0.1) is 3.95 Å². The fourth-order valence-electron chi connectivity index (χ4n) is 4.50. The van der Waals surface area contributed by atoms with E-state index in [-0.39, 0.29) is 29.8 Å². The highest BCUT2D eigenvalue weighted by atomic mass is 35.5. The third-order valence-corrected chi connectivity index (χ3v) is 10.1. The van der Waals surface area contributed by atoms with Crippen LogP contribution in [-0.2, 0) is 14.3 Å². The van der Waals surface area contributed by atoms with Crippen LogP contribution in [0.1, 0.15) is 66.2 Å². The predicted molar refractivity (Wildman–Crippen MR) is 218 cm³/mol. The number of hydrogen-bond donors (Lipinski definition) is 3. The Hall–Kier alpha value is -3.08. The number of halogens is 1. The lowest BCUT2D eigenvalue weighted by Gasteiger charge is -2.11. The molecule has 52 heavy (non-hydrogen) atoms. The number of nitrogens with zero attached hydrogens (tertiary/aromatic N) is 3. The predicted octanol–water partition coefficient (Wildman–Crippen LogP) is 8.81. The fourth-order valence-corrected chi connectivity index (χ4v) is 6.71. The Labute approximate surface area is 330 Å². The summed E-state index contributed by atoms with van der Waals surface area (Å²) in [7, 11) is 3.28. The summed E-state index contributed by atoms with van der Waals surface area (Å²) in [4.78, 5) is 31.2. The third-order valence-electron chi connectivity index (χ3n) is 7.09. The lowest BCUT2D eigenvalue weighted by Crippen LogP contribution is -2.33. The summed E-state index contributed by atoms with van der Waals surface area (Å²) in [5, 5.41) is 5.74. The van der Waals surface area contributed by atoms with Gasteiger partial charge in [-0.1, -0.05) is 38.5 Å². The van der Waals surface area contributed by atoms with Gasteiger partial charge in [-0.15, -0.1) is 11.6 Å². The number of carbonyl (C=O) groups is 2. The Balaban J connectivity index is 0.000000273. The SMILES string of the molecule is C1CCOC1.CCCC(C)NC(=O)CCl.CCCC(C)NC(=O)CSc1nc(-c2ccc(OC)cc2)ns1.COc1ccc(-c2nc(=S)s[nH]2)cc1. The number of aromatic amines is 1. The molecule has 0 saturated carbocycles. The van der Waals surface area contributed by atoms with Crippen LogP contribution in [-0.4, -0.2) is 81.7 Å². The van der Waals surface area contributed by atoms with Crippen LogP contribution in [0.3, 0.4) is 0 Å². The topological polar surface area (TPSA) is 140 Å². The maximum absolute atomic E-state index is 11.9. The first-order valence-electron chi connectivity index (χ1n) is 17.2. The second-order valence-corrected chi connectivity index (χ2v) is 15.2. The average molecular weight is 812 g/mol. The van der Waals surface area contributed by atoms with Crippen LogP contribution in [0.25, 0.3) is 22.8 Å². The lowest BCUT2D eigenvalue weighted by molar-refractivity contribution is -0.120. The number of aromatic nitrogens is 4. The minimum absolute atomic E-state index is 0.0390. The molecular weight excluding hydrogens is 760 g/mol. The van der Waals surface area contributed by atoms with E-state index in [4.69, 9.17) is 38.0 Å². The van der Waals surface area contributed by atoms with Crippen LogP contribution in [0.5, 0.6) is 11.5 Å². The van der Waals surface area contributed by atoms with Gasteiger partial charge in [-0.25, -0.2) is 9.97 Å². The number of carbonyl (C=O) groups excluding carboxylic acids is 2. The molecule has 5 rings (SSSR count). The van der Waals surface area contributed by atoms with Crippen molar-refractivity contribution in [3.63, 3.8) is 0 Å². The van der Waals surface area contributed by atoms with Crippen LogP contribution < -0.4 is 20.1 Å². The first kappa shape index (κ1) is 45.1. The van der Waals surface area contributed by atoms with Gasteiger partial charge in [-0.3, -0.25) is 14.0 Å². The Bertz CT molecular complexity index is 1610. The Morgan fingerprint density at radius 3 is 1.88 bits per heavy atom. The largest absolute Gasteiger partial charge is 0.497 e. The monoisotopic (exact) mass is 810 g/mol. The first-order valence-corrected chi connectivity index (χ1v) is 20.7. The van der Waals surface area contributed by atoms with Gasteiger partial charge in [-0.2, -0.15) is 4.37 Å². The third kappa shape index (κ3) is 18.6. The summed E-state index contributed by atoms with van der Waals surface area (Å²) in [5.74, 6) is 3.51. The quantitative estimate of drug-likeness (QED) is 0.0643. The standard InChI is InChI=1S/C16H21N3O2S2.C9H8N2OS2.C7H14ClNO.C4H8O/c1-4-5-11(2)17-14(20)10-22-16-18-15(19-23-16)12-6-8-13(21-3)9-7-12;1-12-7-4-2-6(3-5-7)8-10-9(13)14-11-8;1-3-4-6(2)9-7(10)5-8;1-2-4-5-3-1/h6-9,11H,4-5,10H2,1-3H3,(H,17,20);2-5H,1H3,(H,10,11,13);6H,3-5H2,1-2H3,(H,9,10);1-4H2. The number of rotatable bonds is 14. The van der Waals surface area contributed by atoms with Gasteiger partial charge in [0, 0.05) is 36.4 Å². The molecule has 0 radical (unpaired) electrons. The van der Waals surface area contributed by atoms with Crippen molar-refractivity contribution in [1.29, 1.82) is 0 Å². The Morgan fingerprint density at radius 2 is 1.44 bits per heavy atom. The van der Waals surface area contributed by atoms with E-state index in [0.717, 1.165) is 71.7 Å². The summed E-state index contributed by atoms with van der Waals surface area (Å²) >= 11 is 14.3. The normalized spacial score (nSPS) is 12.8. The van der Waals surface area contributed by atoms with E-state index in [1.807, 2.05) is 62.4 Å². The molecule has 0 aliphatic carbocycles. The minimum atomic E-state index is -0.0809. The number of H-pyrrole nitrogens is 1. The van der Waals surface area contributed by atoms with Crippen molar-refractivity contribution in [3.8, 4) is 34.3 Å². The van der Waals surface area contributed by atoms with Crippen LogP contribution in [0.15, 0.2) is 52.9 Å². The molecule has 2 atom stereocenters. The fraction of sp³-hybridized carbons (Fsp3) is 0.500. The number of amides is 2. The molecular formula is C36H51ClN6O5S4. The summed E-state index contributed by atoms with van der Waals surface area (Å²) in [6, 6.07) is 15.8. The van der Waals surface area contributed by atoms with Gasteiger partial charge in [0.2, 0.25) is 11.8 Å². The minimum Gasteiger partial charge on any atom is -0.497 e. The van der Waals surface area contributed by atoms with E-state index in [1.165, 1.54) is 47.7 Å². The molecule has 0 spiro atoms. The van der Waals surface area contributed by atoms with Crippen molar-refractivity contribution in [2.24, 2.45) is 0 Å². The number of methoxy groups -OCH3 is 2. The van der Waals surface area contributed by atoms with E-state index in [2.05, 4.69) is 43.2 Å². The summed E-state index contributed by atoms with van der Waals surface area (Å²) < 4.78 is 24.0. The Morgan fingerprint density at radius 1 is 0.904 bits per heavy atom. The summed E-state index contributed by atoms with van der Waals surface area (Å²) in [6.07, 6.45) is 6.72. The molecule has 16 heteroatoms. The summed E-state index contributed by atoms with van der Waals surface area (Å²) in [6.45, 7) is 10.2. The molecule has 1 aliphatic rings. The van der Waals surface area contributed by atoms with Gasteiger partial charge < -0.3 is 24.8 Å². The molecule has 1 fully saturated rings. The van der Waals surface area contributed by atoms with Crippen molar-refractivity contribution in [3.05, 3.63) is 52.5 Å². The van der Waals surface area contributed by atoms with Crippen LogP contribution in [0.2, 0.25) is 0 Å². The summed E-state index contributed by atoms with van der Waals surface area (Å²) in [5.41, 5.74) is 1.95. The van der Waals surface area contributed by atoms with Crippen molar-refractivity contribution in [1.82, 2.24) is 29.3 Å². The number of hydrogen-bond acceptors (Lipinski definition) is 12. The number of ether oxygens (including phenoxy) is 3. The van der Waals surface area contributed by atoms with Crippen LogP contribution >= 0.6 is 58.6 Å². The molecule has 1 aliphatic heterocycles. The zero-order valence-corrected chi connectivity index (χ0v) is 34.8. The van der Waals surface area contributed by atoms with E-state index in [1.54, 1.807) is 14.2 Å². The highest BCUT2D eigenvalue weighted by molar-refractivity contribution is 8.01. The van der Waals surface area contributed by atoms with Gasteiger partial charge in [0.15, 0.2) is 14.1 Å². The molecule has 11 nitrogen and oxygen atoms in total. The van der Waals surface area contributed by atoms with Gasteiger partial charge in [0.1, 0.15) is 23.2 Å². The number of nitrogens with one attached hydrogen (secondary N) is 3. The number of benzene rings is 2. The van der Waals surface area contributed by atoms with Crippen molar-refractivity contribution >= 4 is 70.5 Å². The van der Waals surface area contributed by atoms with Crippen molar-refractivity contribution < 1.29 is 23.8 Å². The van der Waals surface area contributed by atoms with E-state index < -0.39 is 0 Å². The lowest BCUT2D eigenvalue weighted by atomic mass is 10.2. The number of thioether (sulfide) groups is 1. The second-order valence-electron chi connectivity index (χ2n) is 11.5. The molecule has 0 bridgehead atoms. The maximum Gasteiger partial charge on any atom is 0.235 e. The highest BCUT2D eigenvalue weighted by Gasteiger charge is 2.11. The second kappa shape index (κ2) is 26.6. The van der Waals surface area contributed by atoms with E-state index in [0.29, 0.717) is 15.5 Å². The molecule has 2 aromatic heterocycles. The van der Waals surface area contributed by atoms with E-state index >= 15 is 0 Å². The Kier molecular flexibility index (Phi) is 23.1. The molecule has 1 saturated heterocycles. The molecule has 2 aromatic carbocycles. The van der Waals surface area contributed by atoms with Gasteiger partial charge >= 0.3 is 0 Å². The van der Waals surface area contributed by atoms with Crippen LogP contribution in [0.4, 0.5) is 0 Å². The highest BCUT2D eigenvalue weighted by Crippen LogP contribution is 2.26. The zero-order valence-electron chi connectivity index (χ0n) is 30.7. The smallest absolute Gasteiger partial charge is 0.235 e. The molecule has 4 aromatic rings. The van der Waals surface area contributed by atoms with Crippen molar-refractivity contribution in [2.45, 2.75) is 82.6 Å². The van der Waals surface area contributed by atoms with E-state index in [9.17, 15) is 9.59 Å². The molecule has 3 N–H and O–H groups in total. The van der Waals surface area contributed by atoms with Gasteiger partial charge in [-0.05, 0) is 123 Å².